The first kappa shape index (κ1) is 13.1. The molecule has 3 N–H and O–H groups in total. The molecule has 17 heavy (non-hydrogen) atoms. The van der Waals surface area contributed by atoms with Gasteiger partial charge in [-0.25, -0.2) is 13.1 Å². The van der Waals surface area contributed by atoms with Crippen LogP contribution in [0.25, 0.3) is 0 Å². The zero-order chi connectivity index (χ0) is 13.1. The predicted octanol–water partition coefficient (Wildman–Crippen LogP) is -0.642. The highest BCUT2D eigenvalue weighted by atomic mass is 32.2. The lowest BCUT2D eigenvalue weighted by Gasteiger charge is -2.04. The largest absolute Gasteiger partial charge is 0.322 e. The molecule has 1 aromatic carbocycles. The number of hydrogen-bond donors (Lipinski definition) is 2. The van der Waals surface area contributed by atoms with E-state index in [4.69, 9.17) is 5.73 Å². The summed E-state index contributed by atoms with van der Waals surface area (Å²) in [7, 11) is -4.11. The highest BCUT2D eigenvalue weighted by molar-refractivity contribution is 7.90. The van der Waals surface area contributed by atoms with Gasteiger partial charge in [-0.2, -0.15) is 0 Å². The average Bonchev–Trinajstić information content (AvgIpc) is 2.28. The number of rotatable bonds is 4. The third kappa shape index (κ3) is 3.23. The Bertz CT molecular complexity index is 554. The molecule has 0 bridgehead atoms. The Kier molecular flexibility index (Phi) is 3.76. The maximum Gasteiger partial charge on any atom is 0.270 e. The van der Waals surface area contributed by atoms with Crippen molar-refractivity contribution in [3.05, 3.63) is 34.4 Å². The van der Waals surface area contributed by atoms with Gasteiger partial charge in [-0.15, -0.1) is 0 Å². The monoisotopic (exact) mass is 259 g/mol. The third-order valence-electron chi connectivity index (χ3n) is 1.77. The van der Waals surface area contributed by atoms with Crippen molar-refractivity contribution in [1.82, 2.24) is 4.72 Å². The summed E-state index contributed by atoms with van der Waals surface area (Å²) in [5.41, 5.74) is 4.57. The summed E-state index contributed by atoms with van der Waals surface area (Å²) >= 11 is 0. The fraction of sp³-hybridized carbons (Fsp3) is 0.125. The fourth-order valence-corrected chi connectivity index (χ4v) is 2.05. The van der Waals surface area contributed by atoms with Gasteiger partial charge in [-0.3, -0.25) is 14.9 Å². The van der Waals surface area contributed by atoms with E-state index in [1.165, 1.54) is 6.07 Å². The number of carbonyl (C=O) groups is 1. The third-order valence-corrected chi connectivity index (χ3v) is 3.14. The van der Waals surface area contributed by atoms with E-state index in [-0.39, 0.29) is 10.6 Å². The summed E-state index contributed by atoms with van der Waals surface area (Å²) in [4.78, 5) is 20.2. The SMILES string of the molecule is NCC(=O)NS(=O)(=O)c1cccc([N+](=O)[O-])c1. The van der Waals surface area contributed by atoms with Gasteiger partial charge < -0.3 is 5.73 Å². The molecule has 0 atom stereocenters. The molecule has 0 aliphatic heterocycles. The van der Waals surface area contributed by atoms with E-state index in [0.717, 1.165) is 18.2 Å². The maximum absolute atomic E-state index is 11.6. The van der Waals surface area contributed by atoms with Crippen molar-refractivity contribution >= 4 is 21.6 Å². The standard InChI is InChI=1S/C8H9N3O5S/c9-5-8(12)10-17(15,16)7-3-1-2-6(4-7)11(13)14/h1-4H,5,9H2,(H,10,12). The molecule has 92 valence electrons. The van der Waals surface area contributed by atoms with E-state index in [1.807, 2.05) is 0 Å². The number of carbonyl (C=O) groups excluding carboxylic acids is 1. The van der Waals surface area contributed by atoms with Gasteiger partial charge in [0, 0.05) is 12.1 Å². The van der Waals surface area contributed by atoms with Gasteiger partial charge >= 0.3 is 0 Å². The fourth-order valence-electron chi connectivity index (χ4n) is 1.01. The van der Waals surface area contributed by atoms with E-state index >= 15 is 0 Å². The molecule has 0 aliphatic carbocycles. The number of benzene rings is 1. The van der Waals surface area contributed by atoms with Crippen molar-refractivity contribution in [2.75, 3.05) is 6.54 Å². The van der Waals surface area contributed by atoms with Crippen LogP contribution in [0.1, 0.15) is 0 Å². The number of nitro benzene ring substituents is 1. The lowest BCUT2D eigenvalue weighted by molar-refractivity contribution is -0.385. The number of amides is 1. The number of nitrogens with one attached hydrogen (secondary N) is 1. The Labute approximate surface area is 96.6 Å². The molecule has 0 aliphatic rings. The highest BCUT2D eigenvalue weighted by Crippen LogP contribution is 2.16. The molecule has 0 saturated carbocycles. The zero-order valence-corrected chi connectivity index (χ0v) is 9.31. The van der Waals surface area contributed by atoms with Crippen LogP contribution in [0, 0.1) is 10.1 Å². The van der Waals surface area contributed by atoms with Crippen molar-refractivity contribution in [1.29, 1.82) is 0 Å². The van der Waals surface area contributed by atoms with Gasteiger partial charge in [-0.1, -0.05) is 6.07 Å². The van der Waals surface area contributed by atoms with Gasteiger partial charge in [0.05, 0.1) is 16.4 Å². The van der Waals surface area contributed by atoms with Crippen LogP contribution >= 0.6 is 0 Å². The van der Waals surface area contributed by atoms with Gasteiger partial charge in [-0.05, 0) is 6.07 Å². The van der Waals surface area contributed by atoms with E-state index < -0.39 is 27.4 Å². The molecule has 9 heteroatoms. The number of nitrogens with two attached hydrogens (primary N) is 1. The molecule has 0 fully saturated rings. The first-order chi connectivity index (χ1) is 7.86. The van der Waals surface area contributed by atoms with Gasteiger partial charge in [0.1, 0.15) is 0 Å². The Balaban J connectivity index is 3.11. The second-order valence-corrected chi connectivity index (χ2v) is 4.67. The number of nitro groups is 1. The maximum atomic E-state index is 11.6. The molecule has 8 nitrogen and oxygen atoms in total. The molecule has 0 saturated heterocycles. The van der Waals surface area contributed by atoms with Crippen molar-refractivity contribution in [3.63, 3.8) is 0 Å². The molecule has 1 amide bonds. The average molecular weight is 259 g/mol. The second-order valence-electron chi connectivity index (χ2n) is 2.99. The van der Waals surface area contributed by atoms with Gasteiger partial charge in [0.15, 0.2) is 0 Å². The van der Waals surface area contributed by atoms with Crippen molar-refractivity contribution in [3.8, 4) is 0 Å². The summed E-state index contributed by atoms with van der Waals surface area (Å²) in [5, 5.41) is 10.5. The molecule has 0 radical (unpaired) electrons. The molecule has 0 unspecified atom stereocenters. The number of sulfonamides is 1. The topological polar surface area (TPSA) is 132 Å². The van der Waals surface area contributed by atoms with E-state index in [2.05, 4.69) is 0 Å². The molecule has 0 spiro atoms. The van der Waals surface area contributed by atoms with Gasteiger partial charge in [0.25, 0.3) is 15.7 Å². The predicted molar refractivity (Wildman–Crippen MR) is 57.5 cm³/mol. The minimum atomic E-state index is -4.11. The molecule has 1 aromatic rings. The summed E-state index contributed by atoms with van der Waals surface area (Å²) < 4.78 is 24.8. The number of non-ortho nitro benzene ring substituents is 1. The highest BCUT2D eigenvalue weighted by Gasteiger charge is 2.19. The summed E-state index contributed by atoms with van der Waals surface area (Å²) in [6.45, 7) is -0.492. The molecule has 0 heterocycles. The summed E-state index contributed by atoms with van der Waals surface area (Å²) in [6.07, 6.45) is 0. The summed E-state index contributed by atoms with van der Waals surface area (Å²) in [5.74, 6) is -0.892. The molecular weight excluding hydrogens is 250 g/mol. The van der Waals surface area contributed by atoms with Crippen LogP contribution in [0.15, 0.2) is 29.2 Å². The normalized spacial score (nSPS) is 10.9. The molecule has 0 aromatic heterocycles. The smallest absolute Gasteiger partial charge is 0.270 e. The Morgan fingerprint density at radius 1 is 1.47 bits per heavy atom. The van der Waals surface area contributed by atoms with E-state index in [0.29, 0.717) is 0 Å². The van der Waals surface area contributed by atoms with Crippen LogP contribution in [0.5, 0.6) is 0 Å². The lowest BCUT2D eigenvalue weighted by atomic mass is 10.3. The Morgan fingerprint density at radius 2 is 2.12 bits per heavy atom. The van der Waals surface area contributed by atoms with Crippen LogP contribution in [0.4, 0.5) is 5.69 Å². The number of nitrogens with zero attached hydrogens (tertiary/aromatic N) is 1. The van der Waals surface area contributed by atoms with E-state index in [9.17, 15) is 23.3 Å². The minimum Gasteiger partial charge on any atom is -0.322 e. The van der Waals surface area contributed by atoms with Crippen LogP contribution < -0.4 is 10.5 Å². The Morgan fingerprint density at radius 3 is 2.65 bits per heavy atom. The lowest BCUT2D eigenvalue weighted by Crippen LogP contribution is -2.35. The van der Waals surface area contributed by atoms with Crippen LogP contribution in [0.3, 0.4) is 0 Å². The van der Waals surface area contributed by atoms with Crippen LogP contribution in [-0.2, 0) is 14.8 Å². The minimum absolute atomic E-state index is 0.367. The van der Waals surface area contributed by atoms with Crippen LogP contribution in [0.2, 0.25) is 0 Å². The molecule has 1 rings (SSSR count). The quantitative estimate of drug-likeness (QED) is 0.545. The Hall–Kier alpha value is -2.00. The van der Waals surface area contributed by atoms with Crippen molar-refractivity contribution < 1.29 is 18.1 Å². The number of hydrogen-bond acceptors (Lipinski definition) is 6. The molecular formula is C8H9N3O5S. The van der Waals surface area contributed by atoms with Gasteiger partial charge in [0.2, 0.25) is 5.91 Å². The second kappa shape index (κ2) is 4.89. The van der Waals surface area contributed by atoms with Crippen molar-refractivity contribution in [2.24, 2.45) is 5.73 Å². The zero-order valence-electron chi connectivity index (χ0n) is 8.49. The summed E-state index contributed by atoms with van der Waals surface area (Å²) in [6, 6.07) is 4.34. The van der Waals surface area contributed by atoms with Crippen LogP contribution in [-0.4, -0.2) is 25.8 Å². The first-order valence-electron chi connectivity index (χ1n) is 4.37. The van der Waals surface area contributed by atoms with Crippen molar-refractivity contribution in [2.45, 2.75) is 4.90 Å². The van der Waals surface area contributed by atoms with E-state index in [1.54, 1.807) is 4.72 Å². The first-order valence-corrected chi connectivity index (χ1v) is 5.85.